The first-order valence-corrected chi connectivity index (χ1v) is 12.5. The topological polar surface area (TPSA) is 115 Å². The summed E-state index contributed by atoms with van der Waals surface area (Å²) in [6, 6.07) is 19.6. The van der Waals surface area contributed by atoms with E-state index in [1.54, 1.807) is 83.7 Å². The Labute approximate surface area is 231 Å². The van der Waals surface area contributed by atoms with Gasteiger partial charge in [0.1, 0.15) is 17.9 Å². The molecule has 3 aromatic rings. The van der Waals surface area contributed by atoms with Gasteiger partial charge in [-0.1, -0.05) is 5.92 Å². The van der Waals surface area contributed by atoms with E-state index in [-0.39, 0.29) is 29.7 Å². The molecule has 2 heterocycles. The Hall–Kier alpha value is -5.38. The van der Waals surface area contributed by atoms with Crippen LogP contribution in [0.15, 0.2) is 78.6 Å². The summed E-state index contributed by atoms with van der Waals surface area (Å²) in [6.45, 7) is 2.06. The molecule has 0 aliphatic carbocycles. The number of nitriles is 1. The SMILES string of the molecule is C#Cc1ccc(C(=O)c2ccc(N3C(=O)C4C(C(=O)Nc5ccc(OC)c(C#N)c5)CNN4C=C3C)cc2)cc1. The Morgan fingerprint density at radius 1 is 1.07 bits per heavy atom. The fourth-order valence-electron chi connectivity index (χ4n) is 4.91. The molecule has 1 fully saturated rings. The predicted octanol–water partition coefficient (Wildman–Crippen LogP) is 3.43. The van der Waals surface area contributed by atoms with Crippen molar-refractivity contribution in [3.8, 4) is 24.2 Å². The van der Waals surface area contributed by atoms with E-state index >= 15 is 0 Å². The fourth-order valence-corrected chi connectivity index (χ4v) is 4.91. The predicted molar refractivity (Wildman–Crippen MR) is 149 cm³/mol. The molecule has 2 atom stereocenters. The standard InChI is InChI=1S/C31H25N5O4/c1-4-20-5-7-21(8-6-20)29(37)22-9-12-25(13-10-22)36-19(2)18-35-28(31(36)39)26(17-33-35)30(38)34-24-11-14-27(40-3)23(15-24)16-32/h1,5-15,18,26,28,33H,17H2,2-3H3,(H,34,38). The van der Waals surface area contributed by atoms with Gasteiger partial charge in [0.25, 0.3) is 5.91 Å². The number of anilines is 2. The van der Waals surface area contributed by atoms with Gasteiger partial charge in [-0.25, -0.2) is 5.43 Å². The normalized spacial score (nSPS) is 17.8. The Kier molecular flexibility index (Phi) is 7.07. The van der Waals surface area contributed by atoms with Crippen LogP contribution in [-0.2, 0) is 9.59 Å². The average molecular weight is 532 g/mol. The number of hydrogen-bond donors (Lipinski definition) is 2. The molecule has 5 rings (SSSR count). The maximum atomic E-state index is 13.8. The minimum absolute atomic E-state index is 0.159. The molecule has 0 spiro atoms. The number of hydrogen-bond acceptors (Lipinski definition) is 7. The number of fused-ring (bicyclic) bond motifs is 1. The number of benzene rings is 3. The molecule has 2 aliphatic rings. The first-order valence-electron chi connectivity index (χ1n) is 12.5. The van der Waals surface area contributed by atoms with E-state index in [4.69, 9.17) is 11.2 Å². The largest absolute Gasteiger partial charge is 0.495 e. The highest BCUT2D eigenvalue weighted by Gasteiger charge is 2.47. The molecular formula is C31H25N5O4. The molecule has 198 valence electrons. The number of nitrogens with zero attached hydrogens (tertiary/aromatic N) is 3. The molecule has 3 aromatic carbocycles. The van der Waals surface area contributed by atoms with Crippen molar-refractivity contribution >= 4 is 29.0 Å². The van der Waals surface area contributed by atoms with Gasteiger partial charge in [-0.3, -0.25) is 19.3 Å². The Morgan fingerprint density at radius 2 is 1.75 bits per heavy atom. The van der Waals surface area contributed by atoms with Gasteiger partial charge in [-0.05, 0) is 73.7 Å². The first-order chi connectivity index (χ1) is 19.3. The summed E-state index contributed by atoms with van der Waals surface area (Å²) < 4.78 is 5.16. The van der Waals surface area contributed by atoms with Crippen molar-refractivity contribution in [1.82, 2.24) is 10.4 Å². The minimum atomic E-state index is -0.784. The molecule has 9 heteroatoms. The molecule has 2 unspecified atom stereocenters. The van der Waals surface area contributed by atoms with Gasteiger partial charge in [0, 0.05) is 46.5 Å². The molecule has 9 nitrogen and oxygen atoms in total. The summed E-state index contributed by atoms with van der Waals surface area (Å²) in [6.07, 6.45) is 7.18. The molecule has 0 bridgehead atoms. The lowest BCUT2D eigenvalue weighted by molar-refractivity contribution is -0.129. The third kappa shape index (κ3) is 4.78. The third-order valence-electron chi connectivity index (χ3n) is 6.95. The van der Waals surface area contributed by atoms with Crippen LogP contribution in [0.25, 0.3) is 0 Å². The van der Waals surface area contributed by atoms with Gasteiger partial charge < -0.3 is 15.1 Å². The van der Waals surface area contributed by atoms with Crippen molar-refractivity contribution in [1.29, 1.82) is 5.26 Å². The number of amides is 2. The van der Waals surface area contributed by atoms with Gasteiger partial charge in [0.15, 0.2) is 5.78 Å². The van der Waals surface area contributed by atoms with Crippen molar-refractivity contribution in [3.05, 3.63) is 101 Å². The summed E-state index contributed by atoms with van der Waals surface area (Å²) in [4.78, 5) is 41.5. The lowest BCUT2D eigenvalue weighted by Gasteiger charge is -2.36. The Bertz CT molecular complexity index is 1610. The summed E-state index contributed by atoms with van der Waals surface area (Å²) in [5, 5.41) is 13.8. The number of nitrogens with one attached hydrogen (secondary N) is 2. The molecule has 40 heavy (non-hydrogen) atoms. The van der Waals surface area contributed by atoms with Crippen LogP contribution in [0.1, 0.15) is 34.0 Å². The summed E-state index contributed by atoms with van der Waals surface area (Å²) >= 11 is 0. The molecule has 1 saturated heterocycles. The second-order valence-corrected chi connectivity index (χ2v) is 9.38. The zero-order chi connectivity index (χ0) is 28.4. The van der Waals surface area contributed by atoms with Gasteiger partial charge in [-0.15, -0.1) is 6.42 Å². The van der Waals surface area contributed by atoms with Crippen LogP contribution in [0.2, 0.25) is 0 Å². The summed E-state index contributed by atoms with van der Waals surface area (Å²) in [7, 11) is 1.47. The van der Waals surface area contributed by atoms with E-state index in [1.165, 1.54) is 13.2 Å². The maximum absolute atomic E-state index is 13.8. The van der Waals surface area contributed by atoms with Crippen LogP contribution in [0.5, 0.6) is 5.75 Å². The zero-order valence-corrected chi connectivity index (χ0v) is 21.8. The Balaban J connectivity index is 1.34. The zero-order valence-electron chi connectivity index (χ0n) is 21.8. The van der Waals surface area contributed by atoms with Crippen LogP contribution in [0.4, 0.5) is 11.4 Å². The highest BCUT2D eigenvalue weighted by Crippen LogP contribution is 2.32. The summed E-state index contributed by atoms with van der Waals surface area (Å²) in [5.74, 6) is 1.45. The fraction of sp³-hybridized carbons (Fsp3) is 0.161. The van der Waals surface area contributed by atoms with Crippen LogP contribution >= 0.6 is 0 Å². The second kappa shape index (κ2) is 10.8. The Morgan fingerprint density at radius 3 is 2.38 bits per heavy atom. The van der Waals surface area contributed by atoms with Crippen LogP contribution in [-0.4, -0.2) is 42.3 Å². The lowest BCUT2D eigenvalue weighted by atomic mass is 9.96. The van der Waals surface area contributed by atoms with E-state index in [0.717, 1.165) is 0 Å². The van der Waals surface area contributed by atoms with Crippen molar-refractivity contribution in [2.45, 2.75) is 13.0 Å². The quantitative estimate of drug-likeness (QED) is 0.370. The second-order valence-electron chi connectivity index (χ2n) is 9.38. The number of terminal acetylenes is 1. The average Bonchev–Trinajstić information content (AvgIpc) is 3.41. The van der Waals surface area contributed by atoms with Crippen molar-refractivity contribution < 1.29 is 19.1 Å². The molecule has 2 aliphatic heterocycles. The van der Waals surface area contributed by atoms with E-state index in [1.807, 2.05) is 6.07 Å². The molecule has 0 radical (unpaired) electrons. The van der Waals surface area contributed by atoms with Gasteiger partial charge in [-0.2, -0.15) is 5.26 Å². The maximum Gasteiger partial charge on any atom is 0.256 e. The monoisotopic (exact) mass is 531 g/mol. The molecule has 0 saturated carbocycles. The van der Waals surface area contributed by atoms with Gasteiger partial charge in [0.2, 0.25) is 5.91 Å². The van der Waals surface area contributed by atoms with E-state index in [2.05, 4.69) is 16.7 Å². The van der Waals surface area contributed by atoms with E-state index < -0.39 is 12.0 Å². The van der Waals surface area contributed by atoms with Crippen LogP contribution in [0, 0.1) is 29.6 Å². The molecule has 2 N–H and O–H groups in total. The van der Waals surface area contributed by atoms with Gasteiger partial charge >= 0.3 is 0 Å². The number of carbonyl (C=O) groups is 3. The van der Waals surface area contributed by atoms with E-state index in [9.17, 15) is 19.6 Å². The molecular weight excluding hydrogens is 506 g/mol. The molecule has 0 aromatic heterocycles. The number of carbonyl (C=O) groups excluding carboxylic acids is 3. The third-order valence-corrected chi connectivity index (χ3v) is 6.95. The van der Waals surface area contributed by atoms with Crippen molar-refractivity contribution in [3.63, 3.8) is 0 Å². The van der Waals surface area contributed by atoms with Gasteiger partial charge in [0.05, 0.1) is 18.6 Å². The first kappa shape index (κ1) is 26.2. The summed E-state index contributed by atoms with van der Waals surface area (Å²) in [5.41, 5.74) is 6.76. The lowest BCUT2D eigenvalue weighted by Crippen LogP contribution is -2.53. The number of rotatable bonds is 6. The van der Waals surface area contributed by atoms with Crippen molar-refractivity contribution in [2.75, 3.05) is 23.9 Å². The number of allylic oxidation sites excluding steroid dienone is 1. The number of hydrazine groups is 1. The number of ether oxygens (including phenoxy) is 1. The highest BCUT2D eigenvalue weighted by atomic mass is 16.5. The highest BCUT2D eigenvalue weighted by molar-refractivity contribution is 6.10. The van der Waals surface area contributed by atoms with Crippen LogP contribution < -0.4 is 20.4 Å². The molecule has 2 amide bonds. The van der Waals surface area contributed by atoms with Crippen LogP contribution in [0.3, 0.4) is 0 Å². The minimum Gasteiger partial charge on any atom is -0.495 e. The smallest absolute Gasteiger partial charge is 0.256 e. The number of ketones is 1. The van der Waals surface area contributed by atoms with Crippen molar-refractivity contribution in [2.24, 2.45) is 5.92 Å². The van der Waals surface area contributed by atoms with E-state index in [0.29, 0.717) is 39.5 Å². The number of methoxy groups -OCH3 is 1.